The summed E-state index contributed by atoms with van der Waals surface area (Å²) in [6, 6.07) is 9.96. The summed E-state index contributed by atoms with van der Waals surface area (Å²) in [5.74, 6) is 0.436. The fourth-order valence-corrected chi connectivity index (χ4v) is 3.78. The highest BCUT2D eigenvalue weighted by Crippen LogP contribution is 2.29. The average Bonchev–Trinajstić information content (AvgIpc) is 2.97. The fraction of sp³-hybridized carbons (Fsp3) is 0.312. The molecule has 1 aliphatic rings. The maximum atomic E-state index is 11.5. The summed E-state index contributed by atoms with van der Waals surface area (Å²) >= 11 is 1.46. The molecule has 5 nitrogen and oxygen atoms in total. The highest BCUT2D eigenvalue weighted by molar-refractivity contribution is 7.14. The number of rotatable bonds is 4. The lowest BCUT2D eigenvalue weighted by Crippen LogP contribution is -2.29. The van der Waals surface area contributed by atoms with E-state index in [0.29, 0.717) is 4.88 Å². The van der Waals surface area contributed by atoms with Gasteiger partial charge in [0.25, 0.3) is 5.91 Å². The molecule has 2 aromatic rings. The first-order chi connectivity index (χ1) is 10.7. The maximum absolute atomic E-state index is 11.5. The summed E-state index contributed by atoms with van der Waals surface area (Å²) in [6.45, 7) is 2.64. The number of thiophene rings is 1. The molecule has 0 saturated heterocycles. The Bertz CT molecular complexity index is 684. The van der Waals surface area contributed by atoms with Crippen molar-refractivity contribution in [1.82, 2.24) is 10.4 Å². The summed E-state index contributed by atoms with van der Waals surface area (Å²) in [5, 5.41) is 8.73. The lowest BCUT2D eigenvalue weighted by molar-refractivity contribution is 0.0711. The summed E-state index contributed by atoms with van der Waals surface area (Å²) in [5.41, 5.74) is 4.09. The van der Waals surface area contributed by atoms with E-state index in [4.69, 9.17) is 9.94 Å². The van der Waals surface area contributed by atoms with Crippen LogP contribution in [0.5, 0.6) is 5.75 Å². The lowest BCUT2D eigenvalue weighted by atomic mass is 10.1. The highest BCUT2D eigenvalue weighted by atomic mass is 32.1. The molecule has 3 rings (SSSR count). The number of hydrogen-bond donors (Lipinski definition) is 2. The zero-order valence-corrected chi connectivity index (χ0v) is 13.2. The summed E-state index contributed by atoms with van der Waals surface area (Å²) in [4.78, 5) is 15.6. The second-order valence-electron chi connectivity index (χ2n) is 5.31. The number of methoxy groups -OCH3 is 1. The van der Waals surface area contributed by atoms with Crippen LogP contribution in [0.3, 0.4) is 0 Å². The van der Waals surface area contributed by atoms with Gasteiger partial charge in [-0.25, -0.2) is 5.48 Å². The molecule has 2 N–H and O–H groups in total. The summed E-state index contributed by atoms with van der Waals surface area (Å²) in [7, 11) is 1.67. The Morgan fingerprint density at radius 3 is 3.09 bits per heavy atom. The van der Waals surface area contributed by atoms with Gasteiger partial charge in [0, 0.05) is 24.5 Å². The van der Waals surface area contributed by atoms with Gasteiger partial charge >= 0.3 is 0 Å². The third-order valence-corrected chi connectivity index (χ3v) is 5.05. The van der Waals surface area contributed by atoms with Crippen LogP contribution in [-0.2, 0) is 19.5 Å². The minimum absolute atomic E-state index is 0.432. The number of hydroxylamine groups is 1. The maximum Gasteiger partial charge on any atom is 0.284 e. The van der Waals surface area contributed by atoms with E-state index in [1.54, 1.807) is 12.6 Å². The average molecular weight is 318 g/mol. The van der Waals surface area contributed by atoms with E-state index in [9.17, 15) is 4.79 Å². The molecule has 0 fully saturated rings. The van der Waals surface area contributed by atoms with Crippen molar-refractivity contribution in [1.29, 1.82) is 0 Å². The minimum atomic E-state index is -0.432. The van der Waals surface area contributed by atoms with Gasteiger partial charge in [0.15, 0.2) is 0 Å². The Morgan fingerprint density at radius 2 is 2.32 bits per heavy atom. The van der Waals surface area contributed by atoms with E-state index in [0.717, 1.165) is 31.8 Å². The van der Waals surface area contributed by atoms with Crippen molar-refractivity contribution in [3.63, 3.8) is 0 Å². The minimum Gasteiger partial charge on any atom is -0.497 e. The number of benzene rings is 1. The number of carbonyl (C=O) groups excluding carboxylic acids is 1. The number of amides is 1. The van der Waals surface area contributed by atoms with Crippen molar-refractivity contribution in [2.24, 2.45) is 0 Å². The van der Waals surface area contributed by atoms with Gasteiger partial charge in [-0.2, -0.15) is 0 Å². The van der Waals surface area contributed by atoms with Crippen LogP contribution in [0.4, 0.5) is 0 Å². The van der Waals surface area contributed by atoms with Gasteiger partial charge in [0.1, 0.15) is 5.75 Å². The van der Waals surface area contributed by atoms with E-state index in [2.05, 4.69) is 11.0 Å². The van der Waals surface area contributed by atoms with Gasteiger partial charge in [0.2, 0.25) is 0 Å². The molecule has 0 bridgehead atoms. The van der Waals surface area contributed by atoms with Crippen molar-refractivity contribution in [2.45, 2.75) is 19.5 Å². The van der Waals surface area contributed by atoms with Crippen LogP contribution in [0.25, 0.3) is 0 Å². The van der Waals surface area contributed by atoms with Crippen molar-refractivity contribution < 1.29 is 14.7 Å². The largest absolute Gasteiger partial charge is 0.497 e. The Kier molecular flexibility index (Phi) is 4.42. The Hall–Kier alpha value is -1.89. The number of nitrogens with one attached hydrogen (secondary N) is 1. The SMILES string of the molecule is COc1cccc(CN2CCc3sc(C(=O)NO)cc3C2)c1. The summed E-state index contributed by atoms with van der Waals surface area (Å²) in [6.07, 6.45) is 0.933. The molecule has 1 aliphatic heterocycles. The predicted molar refractivity (Wildman–Crippen MR) is 84.4 cm³/mol. The topological polar surface area (TPSA) is 61.8 Å². The molecular formula is C16H18N2O3S. The van der Waals surface area contributed by atoms with Crippen molar-refractivity contribution in [2.75, 3.05) is 13.7 Å². The smallest absolute Gasteiger partial charge is 0.284 e. The first-order valence-corrected chi connectivity index (χ1v) is 7.92. The first kappa shape index (κ1) is 15.0. The third kappa shape index (κ3) is 3.14. The predicted octanol–water partition coefficient (Wildman–Crippen LogP) is 2.43. The third-order valence-electron chi connectivity index (χ3n) is 3.81. The standard InChI is InChI=1S/C16H18N2O3S/c1-21-13-4-2-3-11(7-13)9-18-6-5-14-12(10-18)8-15(22-14)16(19)17-20/h2-4,7-8,20H,5-6,9-10H2,1H3,(H,17,19). The van der Waals surface area contributed by atoms with Crippen LogP contribution in [0, 0.1) is 0 Å². The second kappa shape index (κ2) is 6.48. The lowest BCUT2D eigenvalue weighted by Gasteiger charge is -2.26. The Balaban J connectivity index is 1.71. The van der Waals surface area contributed by atoms with Gasteiger partial charge in [-0.15, -0.1) is 11.3 Å². The fourth-order valence-electron chi connectivity index (χ4n) is 2.72. The molecule has 0 saturated carbocycles. The monoisotopic (exact) mass is 318 g/mol. The van der Waals surface area contributed by atoms with E-state index in [1.807, 2.05) is 24.3 Å². The van der Waals surface area contributed by atoms with Gasteiger partial charge < -0.3 is 4.74 Å². The number of carbonyl (C=O) groups is 1. The van der Waals surface area contributed by atoms with Crippen LogP contribution >= 0.6 is 11.3 Å². The van der Waals surface area contributed by atoms with Gasteiger partial charge in [-0.1, -0.05) is 12.1 Å². The van der Waals surface area contributed by atoms with Crippen molar-refractivity contribution in [3.8, 4) is 5.75 Å². The molecule has 0 unspecified atom stereocenters. The molecule has 0 aliphatic carbocycles. The van der Waals surface area contributed by atoms with E-state index < -0.39 is 5.91 Å². The van der Waals surface area contributed by atoms with Crippen molar-refractivity contribution in [3.05, 3.63) is 51.2 Å². The van der Waals surface area contributed by atoms with Crippen LogP contribution in [0.1, 0.15) is 25.7 Å². The van der Waals surface area contributed by atoms with Gasteiger partial charge in [0.05, 0.1) is 12.0 Å². The zero-order chi connectivity index (χ0) is 15.5. The molecule has 0 radical (unpaired) electrons. The van der Waals surface area contributed by atoms with E-state index >= 15 is 0 Å². The molecule has 116 valence electrons. The quantitative estimate of drug-likeness (QED) is 0.671. The molecule has 1 aromatic carbocycles. The molecule has 2 heterocycles. The van der Waals surface area contributed by atoms with Crippen LogP contribution < -0.4 is 10.2 Å². The highest BCUT2D eigenvalue weighted by Gasteiger charge is 2.21. The number of ether oxygens (including phenoxy) is 1. The second-order valence-corrected chi connectivity index (χ2v) is 6.45. The number of nitrogens with zero attached hydrogens (tertiary/aromatic N) is 1. The molecule has 1 aromatic heterocycles. The van der Waals surface area contributed by atoms with Gasteiger partial charge in [-0.3, -0.25) is 14.9 Å². The normalized spacial score (nSPS) is 14.5. The first-order valence-electron chi connectivity index (χ1n) is 7.11. The Morgan fingerprint density at radius 1 is 1.45 bits per heavy atom. The number of hydrogen-bond acceptors (Lipinski definition) is 5. The molecule has 1 amide bonds. The van der Waals surface area contributed by atoms with Crippen LogP contribution in [-0.4, -0.2) is 29.7 Å². The van der Waals surface area contributed by atoms with E-state index in [-0.39, 0.29) is 0 Å². The van der Waals surface area contributed by atoms with E-state index in [1.165, 1.54) is 27.3 Å². The van der Waals surface area contributed by atoms with Crippen molar-refractivity contribution >= 4 is 17.2 Å². The summed E-state index contributed by atoms with van der Waals surface area (Å²) < 4.78 is 5.26. The molecule has 0 spiro atoms. The van der Waals surface area contributed by atoms with Crippen LogP contribution in [0.2, 0.25) is 0 Å². The zero-order valence-electron chi connectivity index (χ0n) is 12.3. The van der Waals surface area contributed by atoms with Gasteiger partial charge in [-0.05, 0) is 35.7 Å². The van der Waals surface area contributed by atoms with Crippen LogP contribution in [0.15, 0.2) is 30.3 Å². The molecule has 0 atom stereocenters. The molecular weight excluding hydrogens is 300 g/mol. The molecule has 22 heavy (non-hydrogen) atoms. The molecule has 6 heteroatoms. The number of fused-ring (bicyclic) bond motifs is 1. The Labute approximate surface area is 133 Å².